The molecule has 1 heterocycles. The molecule has 8 heavy (non-hydrogen) atoms. The molecule has 0 aromatic rings. The molecule has 44 valence electrons. The summed E-state index contributed by atoms with van der Waals surface area (Å²) >= 11 is 0. The maximum Gasteiger partial charge on any atom is 0.352 e. The zero-order valence-corrected chi connectivity index (χ0v) is 4.07. The van der Waals surface area contributed by atoms with Crippen molar-refractivity contribution in [3.05, 3.63) is 12.3 Å². The highest BCUT2D eigenvalue weighted by atomic mass is 16.5. The van der Waals surface area contributed by atoms with Crippen molar-refractivity contribution in [2.24, 2.45) is 4.99 Å². The van der Waals surface area contributed by atoms with E-state index >= 15 is 0 Å². The summed E-state index contributed by atoms with van der Waals surface area (Å²) in [5, 5.41) is 19.3. The van der Waals surface area contributed by atoms with Crippen LogP contribution in [0, 0.1) is 0 Å². The molecule has 1 aliphatic heterocycles. The van der Waals surface area contributed by atoms with Gasteiger partial charge in [0.15, 0.2) is 0 Å². The van der Waals surface area contributed by atoms with Crippen LogP contribution in [0.3, 0.4) is 0 Å². The standard InChI is InChI=1S/C4H6N2O2/c7-4(8)5-2-1-3-6-4/h1-3,5,7-8H. The Morgan fingerprint density at radius 2 is 2.25 bits per heavy atom. The smallest absolute Gasteiger partial charge is 0.330 e. The van der Waals surface area contributed by atoms with Crippen molar-refractivity contribution < 1.29 is 10.2 Å². The van der Waals surface area contributed by atoms with Crippen LogP contribution in [0.5, 0.6) is 0 Å². The van der Waals surface area contributed by atoms with Crippen LogP contribution in [0.2, 0.25) is 0 Å². The van der Waals surface area contributed by atoms with Gasteiger partial charge in [0.1, 0.15) is 0 Å². The van der Waals surface area contributed by atoms with Gasteiger partial charge in [-0.1, -0.05) is 0 Å². The largest absolute Gasteiger partial charge is 0.352 e. The van der Waals surface area contributed by atoms with Crippen LogP contribution in [0.1, 0.15) is 0 Å². The van der Waals surface area contributed by atoms with Crippen molar-refractivity contribution in [1.29, 1.82) is 0 Å². The van der Waals surface area contributed by atoms with Crippen molar-refractivity contribution in [2.75, 3.05) is 0 Å². The number of nitrogens with zero attached hydrogens (tertiary/aromatic N) is 1. The molecular weight excluding hydrogens is 108 g/mol. The van der Waals surface area contributed by atoms with Gasteiger partial charge in [-0.15, -0.1) is 0 Å². The molecule has 1 rings (SSSR count). The number of aliphatic hydroxyl groups is 2. The second-order valence-electron chi connectivity index (χ2n) is 1.42. The SMILES string of the molecule is OC1(O)N=CC=CN1. The molecule has 0 fully saturated rings. The molecule has 0 unspecified atom stereocenters. The van der Waals surface area contributed by atoms with Crippen molar-refractivity contribution in [1.82, 2.24) is 5.32 Å². The molecule has 0 atom stereocenters. The maximum atomic E-state index is 8.57. The van der Waals surface area contributed by atoms with E-state index in [-0.39, 0.29) is 0 Å². The third-order valence-electron chi connectivity index (χ3n) is 0.714. The Kier molecular flexibility index (Phi) is 1.04. The predicted molar refractivity (Wildman–Crippen MR) is 27.9 cm³/mol. The lowest BCUT2D eigenvalue weighted by Crippen LogP contribution is -2.41. The van der Waals surface area contributed by atoms with Gasteiger partial charge in [-0.3, -0.25) is 0 Å². The molecule has 0 bridgehead atoms. The zero-order chi connectivity index (χ0) is 6.04. The summed E-state index contributed by atoms with van der Waals surface area (Å²) < 4.78 is 0. The number of hydrogen-bond acceptors (Lipinski definition) is 4. The lowest BCUT2D eigenvalue weighted by molar-refractivity contribution is -0.169. The first-order valence-corrected chi connectivity index (χ1v) is 2.13. The van der Waals surface area contributed by atoms with Crippen molar-refractivity contribution in [3.8, 4) is 0 Å². The molecule has 0 spiro atoms. The van der Waals surface area contributed by atoms with Crippen molar-refractivity contribution >= 4 is 6.21 Å². The third kappa shape index (κ3) is 1.05. The lowest BCUT2D eigenvalue weighted by atomic mass is 10.6. The van der Waals surface area contributed by atoms with Crippen LogP contribution in [0.25, 0.3) is 0 Å². The molecule has 4 nitrogen and oxygen atoms in total. The van der Waals surface area contributed by atoms with Crippen molar-refractivity contribution in [2.45, 2.75) is 6.03 Å². The summed E-state index contributed by atoms with van der Waals surface area (Å²) in [6.07, 6.45) is 4.26. The summed E-state index contributed by atoms with van der Waals surface area (Å²) in [4.78, 5) is 3.25. The monoisotopic (exact) mass is 114 g/mol. The molecule has 3 N–H and O–H groups in total. The van der Waals surface area contributed by atoms with Gasteiger partial charge in [-0.05, 0) is 6.08 Å². The summed E-state index contributed by atoms with van der Waals surface area (Å²) in [5.41, 5.74) is 0. The van der Waals surface area contributed by atoms with Gasteiger partial charge in [-0.25, -0.2) is 4.99 Å². The number of aliphatic imine (C=N–C) groups is 1. The second-order valence-corrected chi connectivity index (χ2v) is 1.42. The Labute approximate surface area is 46.2 Å². The third-order valence-corrected chi connectivity index (χ3v) is 0.714. The van der Waals surface area contributed by atoms with Gasteiger partial charge in [0, 0.05) is 12.4 Å². The summed E-state index contributed by atoms with van der Waals surface area (Å²) in [7, 11) is 0. The first-order chi connectivity index (χ1) is 3.71. The Balaban J connectivity index is 2.65. The average molecular weight is 114 g/mol. The van der Waals surface area contributed by atoms with Gasteiger partial charge in [0.25, 0.3) is 0 Å². The van der Waals surface area contributed by atoms with E-state index in [1.54, 1.807) is 6.08 Å². The average Bonchev–Trinajstić information content (AvgIpc) is 1.65. The van der Waals surface area contributed by atoms with E-state index < -0.39 is 6.03 Å². The molecule has 0 aromatic heterocycles. The van der Waals surface area contributed by atoms with Gasteiger partial charge in [0.05, 0.1) is 0 Å². The summed E-state index contributed by atoms with van der Waals surface area (Å²) in [6.45, 7) is 0. The van der Waals surface area contributed by atoms with Gasteiger partial charge >= 0.3 is 6.03 Å². The number of rotatable bonds is 0. The van der Waals surface area contributed by atoms with Crippen LogP contribution in [-0.4, -0.2) is 22.5 Å². The van der Waals surface area contributed by atoms with Crippen LogP contribution >= 0.6 is 0 Å². The highest BCUT2D eigenvalue weighted by molar-refractivity contribution is 5.71. The number of allylic oxidation sites excluding steroid dienone is 1. The minimum atomic E-state index is -2.09. The molecule has 4 heteroatoms. The Morgan fingerprint density at radius 1 is 1.50 bits per heavy atom. The fraction of sp³-hybridized carbons (Fsp3) is 0.250. The maximum absolute atomic E-state index is 8.57. The highest BCUT2D eigenvalue weighted by Crippen LogP contribution is 1.96. The minimum absolute atomic E-state index is 1.30. The van der Waals surface area contributed by atoms with Gasteiger partial charge < -0.3 is 15.5 Å². The number of hydrogen-bond donors (Lipinski definition) is 3. The normalized spacial score (nSPS) is 22.8. The van der Waals surface area contributed by atoms with Crippen LogP contribution in [0.15, 0.2) is 17.3 Å². The van der Waals surface area contributed by atoms with Crippen LogP contribution in [-0.2, 0) is 0 Å². The van der Waals surface area contributed by atoms with Crippen LogP contribution in [0.4, 0.5) is 0 Å². The molecule has 1 aliphatic rings. The van der Waals surface area contributed by atoms with Gasteiger partial charge in [-0.2, -0.15) is 0 Å². The fourth-order valence-corrected chi connectivity index (χ4v) is 0.387. The minimum Gasteiger partial charge on any atom is -0.330 e. The molecule has 0 saturated heterocycles. The molecule has 0 aromatic carbocycles. The summed E-state index contributed by atoms with van der Waals surface area (Å²) in [5.74, 6) is 0. The van der Waals surface area contributed by atoms with E-state index in [0.29, 0.717) is 0 Å². The predicted octanol–water partition coefficient (Wildman–Crippen LogP) is -1.23. The first-order valence-electron chi connectivity index (χ1n) is 2.13. The van der Waals surface area contributed by atoms with E-state index in [4.69, 9.17) is 10.2 Å². The zero-order valence-electron chi connectivity index (χ0n) is 4.07. The van der Waals surface area contributed by atoms with E-state index in [1.165, 1.54) is 12.4 Å². The molecular formula is C4H6N2O2. The topological polar surface area (TPSA) is 64.8 Å². The Hall–Kier alpha value is -0.870. The van der Waals surface area contributed by atoms with Gasteiger partial charge in [0.2, 0.25) is 0 Å². The molecule has 0 aliphatic carbocycles. The quantitative estimate of drug-likeness (QED) is 0.345. The number of nitrogens with one attached hydrogen (secondary N) is 1. The van der Waals surface area contributed by atoms with E-state index in [0.717, 1.165) is 0 Å². The van der Waals surface area contributed by atoms with E-state index in [1.807, 2.05) is 0 Å². The molecule has 0 saturated carbocycles. The van der Waals surface area contributed by atoms with Crippen LogP contribution < -0.4 is 5.32 Å². The Morgan fingerprint density at radius 3 is 2.50 bits per heavy atom. The van der Waals surface area contributed by atoms with E-state index in [2.05, 4.69) is 10.3 Å². The summed E-state index contributed by atoms with van der Waals surface area (Å²) in [6, 6.07) is -2.09. The Bertz CT molecular complexity index is 139. The molecule has 0 radical (unpaired) electrons. The van der Waals surface area contributed by atoms with Crippen molar-refractivity contribution in [3.63, 3.8) is 0 Å². The lowest BCUT2D eigenvalue weighted by Gasteiger charge is -2.17. The van der Waals surface area contributed by atoms with E-state index in [9.17, 15) is 0 Å². The first kappa shape index (κ1) is 5.27. The highest BCUT2D eigenvalue weighted by Gasteiger charge is 2.18. The second kappa shape index (κ2) is 1.57. The fourth-order valence-electron chi connectivity index (χ4n) is 0.387. The molecule has 0 amide bonds.